The van der Waals surface area contributed by atoms with Crippen LogP contribution in [0.15, 0.2) is 42.5 Å². The predicted octanol–water partition coefficient (Wildman–Crippen LogP) is 4.81. The molecule has 0 amide bonds. The molecule has 0 bridgehead atoms. The monoisotopic (exact) mass is 273 g/mol. The average Bonchev–Trinajstić information content (AvgIpc) is 2.38. The molecule has 19 heavy (non-hydrogen) atoms. The summed E-state index contributed by atoms with van der Waals surface area (Å²) in [5, 5.41) is 4.24. The second kappa shape index (κ2) is 6.23. The van der Waals surface area contributed by atoms with Gasteiger partial charge in [0.1, 0.15) is 0 Å². The van der Waals surface area contributed by atoms with Crippen LogP contribution in [0.25, 0.3) is 11.1 Å². The van der Waals surface area contributed by atoms with Gasteiger partial charge in [0.05, 0.1) is 0 Å². The Balaban J connectivity index is 2.36. The first-order valence-electron chi connectivity index (χ1n) is 6.65. The minimum absolute atomic E-state index is 0.474. The molecule has 2 aromatic carbocycles. The molecule has 2 heteroatoms. The van der Waals surface area contributed by atoms with Gasteiger partial charge in [0.25, 0.3) is 0 Å². The molecule has 0 unspecified atom stereocenters. The Hall–Kier alpha value is -1.31. The van der Waals surface area contributed by atoms with Crippen LogP contribution in [0.5, 0.6) is 0 Å². The maximum atomic E-state index is 6.14. The summed E-state index contributed by atoms with van der Waals surface area (Å²) in [6, 6.07) is 15.2. The lowest BCUT2D eigenvalue weighted by Gasteiger charge is -2.13. The summed E-state index contributed by atoms with van der Waals surface area (Å²) in [6.07, 6.45) is 0. The van der Waals surface area contributed by atoms with Crippen LogP contribution in [0.3, 0.4) is 0 Å². The van der Waals surface area contributed by atoms with Gasteiger partial charge in [0.15, 0.2) is 0 Å². The van der Waals surface area contributed by atoms with Crippen LogP contribution in [0.1, 0.15) is 25.0 Å². The third-order valence-electron chi connectivity index (χ3n) is 3.14. The van der Waals surface area contributed by atoms with Gasteiger partial charge in [-0.2, -0.15) is 0 Å². The number of benzene rings is 2. The second-order valence-corrected chi connectivity index (χ2v) is 5.64. The van der Waals surface area contributed by atoms with Crippen LogP contribution >= 0.6 is 11.6 Å². The maximum Gasteiger partial charge on any atom is 0.0412 e. The van der Waals surface area contributed by atoms with Crippen molar-refractivity contribution in [1.82, 2.24) is 5.32 Å². The van der Waals surface area contributed by atoms with E-state index in [2.05, 4.69) is 56.4 Å². The van der Waals surface area contributed by atoms with E-state index in [-0.39, 0.29) is 0 Å². The van der Waals surface area contributed by atoms with Crippen LogP contribution in [-0.2, 0) is 6.54 Å². The molecule has 0 saturated carbocycles. The molecule has 0 atom stereocenters. The fourth-order valence-corrected chi connectivity index (χ4v) is 2.19. The van der Waals surface area contributed by atoms with E-state index in [0.29, 0.717) is 6.04 Å². The van der Waals surface area contributed by atoms with Crippen molar-refractivity contribution in [2.24, 2.45) is 0 Å². The minimum Gasteiger partial charge on any atom is -0.310 e. The van der Waals surface area contributed by atoms with E-state index in [1.165, 1.54) is 22.3 Å². The molecule has 0 aliphatic rings. The maximum absolute atomic E-state index is 6.14. The van der Waals surface area contributed by atoms with Crippen molar-refractivity contribution >= 4 is 11.6 Å². The van der Waals surface area contributed by atoms with Crippen molar-refractivity contribution in [3.63, 3.8) is 0 Å². The van der Waals surface area contributed by atoms with E-state index in [0.717, 1.165) is 11.6 Å². The number of aryl methyl sites for hydroxylation is 1. The normalized spacial score (nSPS) is 11.0. The van der Waals surface area contributed by atoms with E-state index in [9.17, 15) is 0 Å². The number of hydrogen-bond acceptors (Lipinski definition) is 1. The molecule has 0 radical (unpaired) electrons. The molecule has 0 aliphatic heterocycles. The Morgan fingerprint density at radius 1 is 1.05 bits per heavy atom. The molecule has 100 valence electrons. The highest BCUT2D eigenvalue weighted by Gasteiger charge is 2.06. The van der Waals surface area contributed by atoms with Gasteiger partial charge in [-0.25, -0.2) is 0 Å². The van der Waals surface area contributed by atoms with E-state index in [4.69, 9.17) is 11.6 Å². The lowest BCUT2D eigenvalue weighted by Crippen LogP contribution is -2.22. The highest BCUT2D eigenvalue weighted by atomic mass is 35.5. The zero-order valence-corrected chi connectivity index (χ0v) is 12.5. The standard InChI is InChI=1S/C17H20ClN/c1-12(2)19-11-15-8-9-16(18)10-17(15)14-6-4-13(3)5-7-14/h4-10,12,19H,11H2,1-3H3. The zero-order chi connectivity index (χ0) is 13.8. The van der Waals surface area contributed by atoms with Crippen LogP contribution in [0.2, 0.25) is 5.02 Å². The summed E-state index contributed by atoms with van der Waals surface area (Å²) >= 11 is 6.14. The first-order valence-corrected chi connectivity index (χ1v) is 7.03. The smallest absolute Gasteiger partial charge is 0.0412 e. The Kier molecular flexibility index (Phi) is 4.62. The quantitative estimate of drug-likeness (QED) is 0.843. The number of hydrogen-bond donors (Lipinski definition) is 1. The van der Waals surface area contributed by atoms with E-state index >= 15 is 0 Å². The van der Waals surface area contributed by atoms with Gasteiger partial charge in [-0.05, 0) is 35.7 Å². The molecule has 0 aliphatic carbocycles. The van der Waals surface area contributed by atoms with Crippen molar-refractivity contribution in [3.05, 3.63) is 58.6 Å². The first-order chi connectivity index (χ1) is 9.06. The van der Waals surface area contributed by atoms with Crippen molar-refractivity contribution in [3.8, 4) is 11.1 Å². The van der Waals surface area contributed by atoms with Crippen LogP contribution in [0, 0.1) is 6.92 Å². The molecule has 0 aromatic heterocycles. The first kappa shape index (κ1) is 14.1. The fraction of sp³-hybridized carbons (Fsp3) is 0.294. The molecule has 0 fully saturated rings. The van der Waals surface area contributed by atoms with E-state index in [1.54, 1.807) is 0 Å². The molecule has 1 nitrogen and oxygen atoms in total. The van der Waals surface area contributed by atoms with E-state index in [1.807, 2.05) is 12.1 Å². The molecule has 0 spiro atoms. The van der Waals surface area contributed by atoms with Gasteiger partial charge < -0.3 is 5.32 Å². The van der Waals surface area contributed by atoms with Crippen LogP contribution < -0.4 is 5.32 Å². The Labute approximate surface area is 120 Å². The van der Waals surface area contributed by atoms with Crippen molar-refractivity contribution in [1.29, 1.82) is 0 Å². The molecule has 0 heterocycles. The van der Waals surface area contributed by atoms with Crippen molar-refractivity contribution < 1.29 is 0 Å². The van der Waals surface area contributed by atoms with Gasteiger partial charge in [0, 0.05) is 17.6 Å². The summed E-state index contributed by atoms with van der Waals surface area (Å²) in [4.78, 5) is 0. The highest BCUT2D eigenvalue weighted by molar-refractivity contribution is 6.30. The largest absolute Gasteiger partial charge is 0.310 e. The molecular weight excluding hydrogens is 254 g/mol. The third-order valence-corrected chi connectivity index (χ3v) is 3.37. The van der Waals surface area contributed by atoms with Gasteiger partial charge >= 0.3 is 0 Å². The second-order valence-electron chi connectivity index (χ2n) is 5.20. The molecule has 2 aromatic rings. The highest BCUT2D eigenvalue weighted by Crippen LogP contribution is 2.27. The summed E-state index contributed by atoms with van der Waals surface area (Å²) in [5.74, 6) is 0. The number of nitrogens with one attached hydrogen (secondary N) is 1. The zero-order valence-electron chi connectivity index (χ0n) is 11.7. The van der Waals surface area contributed by atoms with Crippen LogP contribution in [-0.4, -0.2) is 6.04 Å². The summed E-state index contributed by atoms with van der Waals surface area (Å²) in [7, 11) is 0. The van der Waals surface area contributed by atoms with Crippen LogP contribution in [0.4, 0.5) is 0 Å². The SMILES string of the molecule is Cc1ccc(-c2cc(Cl)ccc2CNC(C)C)cc1. The lowest BCUT2D eigenvalue weighted by molar-refractivity contribution is 0.589. The van der Waals surface area contributed by atoms with Crippen molar-refractivity contribution in [2.75, 3.05) is 0 Å². The number of halogens is 1. The topological polar surface area (TPSA) is 12.0 Å². The summed E-state index contributed by atoms with van der Waals surface area (Å²) in [6.45, 7) is 7.27. The Morgan fingerprint density at radius 3 is 2.37 bits per heavy atom. The van der Waals surface area contributed by atoms with Gasteiger partial charge in [-0.1, -0.05) is 61.3 Å². The molecule has 0 saturated heterocycles. The Bertz CT molecular complexity index is 544. The van der Waals surface area contributed by atoms with Crippen molar-refractivity contribution in [2.45, 2.75) is 33.4 Å². The Morgan fingerprint density at radius 2 is 1.74 bits per heavy atom. The molecule has 2 rings (SSSR count). The third kappa shape index (κ3) is 3.82. The predicted molar refractivity (Wildman–Crippen MR) is 83.6 cm³/mol. The number of rotatable bonds is 4. The average molecular weight is 274 g/mol. The molecular formula is C17H20ClN. The molecule has 1 N–H and O–H groups in total. The summed E-state index contributed by atoms with van der Waals surface area (Å²) in [5.41, 5.74) is 4.98. The lowest BCUT2D eigenvalue weighted by atomic mass is 9.98. The van der Waals surface area contributed by atoms with Gasteiger partial charge in [-0.3, -0.25) is 0 Å². The fourth-order valence-electron chi connectivity index (χ4n) is 2.02. The minimum atomic E-state index is 0.474. The van der Waals surface area contributed by atoms with E-state index < -0.39 is 0 Å². The van der Waals surface area contributed by atoms with Gasteiger partial charge in [0.2, 0.25) is 0 Å². The summed E-state index contributed by atoms with van der Waals surface area (Å²) < 4.78 is 0. The van der Waals surface area contributed by atoms with Gasteiger partial charge in [-0.15, -0.1) is 0 Å².